The fraction of sp³-hybridized carbons (Fsp3) is 0.538. The highest BCUT2D eigenvalue weighted by molar-refractivity contribution is 5.26. The predicted molar refractivity (Wildman–Crippen MR) is 61.9 cm³/mol. The maximum absolute atomic E-state index is 12.4. The summed E-state index contributed by atoms with van der Waals surface area (Å²) in [6.45, 7) is 1.87. The number of benzene rings is 1. The van der Waals surface area contributed by atoms with Gasteiger partial charge in [0.2, 0.25) is 0 Å². The van der Waals surface area contributed by atoms with Crippen LogP contribution in [-0.4, -0.2) is 12.1 Å². The van der Waals surface area contributed by atoms with Crippen molar-refractivity contribution < 1.29 is 17.9 Å². The molecule has 18 heavy (non-hydrogen) atoms. The Morgan fingerprint density at radius 1 is 1.22 bits per heavy atom. The summed E-state index contributed by atoms with van der Waals surface area (Å²) in [7, 11) is 0. The van der Waals surface area contributed by atoms with Gasteiger partial charge < -0.3 is 10.5 Å². The summed E-state index contributed by atoms with van der Waals surface area (Å²) in [4.78, 5) is 0. The quantitative estimate of drug-likeness (QED) is 0.884. The lowest BCUT2D eigenvalue weighted by Crippen LogP contribution is -2.30. The normalized spacial score (nSPS) is 26.3. The molecule has 1 fully saturated rings. The van der Waals surface area contributed by atoms with Gasteiger partial charge in [-0.15, -0.1) is 0 Å². The number of halogens is 3. The first-order chi connectivity index (χ1) is 8.38. The average Bonchev–Trinajstić information content (AvgIpc) is 2.77. The van der Waals surface area contributed by atoms with E-state index in [4.69, 9.17) is 10.5 Å². The number of rotatable bonds is 2. The first-order valence-corrected chi connectivity index (χ1v) is 5.96. The second kappa shape index (κ2) is 4.90. The molecule has 100 valence electrons. The number of hydrogen-bond donors (Lipinski definition) is 1. The molecule has 1 aromatic carbocycles. The lowest BCUT2D eigenvalue weighted by Gasteiger charge is -2.17. The highest BCUT2D eigenvalue weighted by Gasteiger charge is 2.32. The molecular weight excluding hydrogens is 243 g/mol. The van der Waals surface area contributed by atoms with Crippen LogP contribution in [0.1, 0.15) is 37.0 Å². The first-order valence-electron chi connectivity index (χ1n) is 5.96. The maximum atomic E-state index is 12.4. The Bertz CT molecular complexity index is 400. The molecule has 1 aliphatic heterocycles. The summed E-state index contributed by atoms with van der Waals surface area (Å²) in [6.07, 6.45) is -2.77. The Morgan fingerprint density at radius 3 is 2.28 bits per heavy atom. The Morgan fingerprint density at radius 2 is 1.83 bits per heavy atom. The monoisotopic (exact) mass is 259 g/mol. The van der Waals surface area contributed by atoms with Crippen LogP contribution in [0.25, 0.3) is 0 Å². The number of nitrogens with two attached hydrogens (primary N) is 1. The van der Waals surface area contributed by atoms with Gasteiger partial charge >= 0.3 is 6.18 Å². The van der Waals surface area contributed by atoms with E-state index in [1.54, 1.807) is 0 Å². The van der Waals surface area contributed by atoms with E-state index >= 15 is 0 Å². The van der Waals surface area contributed by atoms with Crippen LogP contribution in [0.3, 0.4) is 0 Å². The van der Waals surface area contributed by atoms with Gasteiger partial charge in [-0.25, -0.2) is 0 Å². The summed E-state index contributed by atoms with van der Waals surface area (Å²) in [5.41, 5.74) is 5.90. The number of ether oxygens (including phenoxy) is 1. The van der Waals surface area contributed by atoms with Crippen LogP contribution >= 0.6 is 0 Å². The molecule has 0 bridgehead atoms. The van der Waals surface area contributed by atoms with E-state index in [1.165, 1.54) is 12.1 Å². The van der Waals surface area contributed by atoms with Crippen molar-refractivity contribution in [2.75, 3.05) is 0 Å². The van der Waals surface area contributed by atoms with E-state index < -0.39 is 11.7 Å². The number of alkyl halides is 3. The standard InChI is InChI=1S/C13H16F3NO/c1-8(17)11-6-7-12(18-11)9-2-4-10(5-3-9)13(14,15)16/h2-5,8,11-12H,6-7,17H2,1H3/t8-,11?,12+/m0/s1. The second-order valence-electron chi connectivity index (χ2n) is 4.72. The van der Waals surface area contributed by atoms with Gasteiger partial charge in [-0.3, -0.25) is 0 Å². The van der Waals surface area contributed by atoms with Gasteiger partial charge in [0.25, 0.3) is 0 Å². The van der Waals surface area contributed by atoms with Gasteiger partial charge in [-0.05, 0) is 37.5 Å². The van der Waals surface area contributed by atoms with Crippen LogP contribution in [0.4, 0.5) is 13.2 Å². The molecule has 1 heterocycles. The average molecular weight is 259 g/mol. The van der Waals surface area contributed by atoms with Crippen LogP contribution < -0.4 is 5.73 Å². The highest BCUT2D eigenvalue weighted by Crippen LogP contribution is 2.35. The molecule has 2 nitrogen and oxygen atoms in total. The van der Waals surface area contributed by atoms with Crippen LogP contribution in [0, 0.1) is 0 Å². The topological polar surface area (TPSA) is 35.2 Å². The zero-order chi connectivity index (χ0) is 13.3. The minimum absolute atomic E-state index is 0.00251. The van der Waals surface area contributed by atoms with E-state index in [0.717, 1.165) is 30.5 Å². The van der Waals surface area contributed by atoms with Crippen LogP contribution in [-0.2, 0) is 10.9 Å². The smallest absolute Gasteiger partial charge is 0.369 e. The molecule has 0 aliphatic carbocycles. The molecule has 1 aromatic rings. The lowest BCUT2D eigenvalue weighted by atomic mass is 10.0. The molecule has 0 aromatic heterocycles. The van der Waals surface area contributed by atoms with Crippen molar-refractivity contribution in [3.8, 4) is 0 Å². The predicted octanol–water partition coefficient (Wildman–Crippen LogP) is 3.27. The molecular formula is C13H16F3NO. The molecule has 3 atom stereocenters. The molecule has 0 amide bonds. The summed E-state index contributed by atoms with van der Waals surface area (Å²) in [5, 5.41) is 0. The summed E-state index contributed by atoms with van der Waals surface area (Å²) in [6, 6.07) is 5.11. The van der Waals surface area contributed by atoms with Crippen LogP contribution in [0.5, 0.6) is 0 Å². The van der Waals surface area contributed by atoms with Gasteiger partial charge in [0.05, 0.1) is 17.8 Å². The molecule has 0 saturated carbocycles. The minimum Gasteiger partial charge on any atom is -0.369 e. The van der Waals surface area contributed by atoms with Crippen LogP contribution in [0.15, 0.2) is 24.3 Å². The van der Waals surface area contributed by atoms with Crippen molar-refractivity contribution in [2.24, 2.45) is 5.73 Å². The van der Waals surface area contributed by atoms with E-state index in [-0.39, 0.29) is 18.2 Å². The molecule has 0 radical (unpaired) electrons. The van der Waals surface area contributed by atoms with Gasteiger partial charge in [-0.1, -0.05) is 12.1 Å². The zero-order valence-electron chi connectivity index (χ0n) is 10.1. The molecule has 1 saturated heterocycles. The van der Waals surface area contributed by atoms with Gasteiger partial charge in [0.1, 0.15) is 0 Å². The van der Waals surface area contributed by atoms with Crippen LogP contribution in [0.2, 0.25) is 0 Å². The van der Waals surface area contributed by atoms with E-state index in [1.807, 2.05) is 6.92 Å². The minimum atomic E-state index is -4.29. The van der Waals surface area contributed by atoms with E-state index in [9.17, 15) is 13.2 Å². The summed E-state index contributed by atoms with van der Waals surface area (Å²) >= 11 is 0. The Balaban J connectivity index is 2.07. The fourth-order valence-electron chi connectivity index (χ4n) is 2.18. The first kappa shape index (κ1) is 13.4. The van der Waals surface area contributed by atoms with Crippen molar-refractivity contribution in [1.29, 1.82) is 0 Å². The fourth-order valence-corrected chi connectivity index (χ4v) is 2.18. The molecule has 1 aliphatic rings. The van der Waals surface area contributed by atoms with Crippen molar-refractivity contribution >= 4 is 0 Å². The zero-order valence-corrected chi connectivity index (χ0v) is 10.1. The third kappa shape index (κ3) is 2.84. The molecule has 2 rings (SSSR count). The third-order valence-electron chi connectivity index (χ3n) is 3.25. The Hall–Kier alpha value is -1.07. The Labute approximate surface area is 104 Å². The van der Waals surface area contributed by atoms with E-state index in [0.29, 0.717) is 0 Å². The van der Waals surface area contributed by atoms with Crippen molar-refractivity contribution in [3.05, 3.63) is 35.4 Å². The Kier molecular flexibility index (Phi) is 3.64. The second-order valence-corrected chi connectivity index (χ2v) is 4.72. The highest BCUT2D eigenvalue weighted by atomic mass is 19.4. The van der Waals surface area contributed by atoms with Gasteiger partial charge in [-0.2, -0.15) is 13.2 Å². The van der Waals surface area contributed by atoms with Crippen molar-refractivity contribution in [1.82, 2.24) is 0 Å². The van der Waals surface area contributed by atoms with E-state index in [2.05, 4.69) is 0 Å². The van der Waals surface area contributed by atoms with Gasteiger partial charge in [0, 0.05) is 6.04 Å². The summed E-state index contributed by atoms with van der Waals surface area (Å²) in [5.74, 6) is 0. The molecule has 5 heteroatoms. The largest absolute Gasteiger partial charge is 0.416 e. The lowest BCUT2D eigenvalue weighted by molar-refractivity contribution is -0.137. The maximum Gasteiger partial charge on any atom is 0.416 e. The van der Waals surface area contributed by atoms with Crippen molar-refractivity contribution in [2.45, 2.75) is 44.2 Å². The third-order valence-corrected chi connectivity index (χ3v) is 3.25. The number of hydrogen-bond acceptors (Lipinski definition) is 2. The molecule has 1 unspecified atom stereocenters. The van der Waals surface area contributed by atoms with Gasteiger partial charge in [0.15, 0.2) is 0 Å². The van der Waals surface area contributed by atoms with Crippen molar-refractivity contribution in [3.63, 3.8) is 0 Å². The molecule has 2 N–H and O–H groups in total. The molecule has 0 spiro atoms. The SMILES string of the molecule is C[C@H](N)C1CC[C@H](c2ccc(C(F)(F)F)cc2)O1. The summed E-state index contributed by atoms with van der Waals surface area (Å²) < 4.78 is 43.0.